The fraction of sp³-hybridized carbons (Fsp3) is 0.182. The van der Waals surface area contributed by atoms with Crippen molar-refractivity contribution in [3.05, 3.63) is 39.3 Å². The molecule has 2 heterocycles. The normalized spacial score (nSPS) is 12.4. The maximum absolute atomic E-state index is 9.92. The van der Waals surface area contributed by atoms with Crippen LogP contribution in [-0.4, -0.2) is 16.6 Å². The molecule has 0 fully saturated rings. The molecule has 6 heteroatoms. The second-order valence-electron chi connectivity index (χ2n) is 3.54. The van der Waals surface area contributed by atoms with Gasteiger partial charge in [-0.1, -0.05) is 0 Å². The lowest BCUT2D eigenvalue weighted by Crippen LogP contribution is -2.13. The first-order chi connectivity index (χ1) is 8.18. The minimum atomic E-state index is -0.541. The molecule has 2 rings (SSSR count). The van der Waals surface area contributed by atoms with Crippen molar-refractivity contribution in [1.82, 2.24) is 4.98 Å². The van der Waals surface area contributed by atoms with E-state index in [1.807, 2.05) is 16.8 Å². The quantitative estimate of drug-likeness (QED) is 0.811. The number of pyridine rings is 1. The Balaban J connectivity index is 2.03. The standard InChI is InChI=1S/C11H12BrN3OS/c12-8-3-14-4-9(13)11(8)15-5-10(16)7-1-2-17-6-7/h1-4,6,10,16H,5,13H2,(H,14,15). The van der Waals surface area contributed by atoms with E-state index >= 15 is 0 Å². The Morgan fingerprint density at radius 1 is 1.53 bits per heavy atom. The van der Waals surface area contributed by atoms with Gasteiger partial charge in [-0.15, -0.1) is 0 Å². The number of halogens is 1. The van der Waals surface area contributed by atoms with E-state index < -0.39 is 6.10 Å². The average Bonchev–Trinajstić information content (AvgIpc) is 2.81. The molecule has 0 spiro atoms. The number of nitrogen functional groups attached to an aromatic ring is 1. The fourth-order valence-corrected chi connectivity index (χ4v) is 2.61. The lowest BCUT2D eigenvalue weighted by Gasteiger charge is -2.14. The van der Waals surface area contributed by atoms with Gasteiger partial charge in [0.05, 0.1) is 28.1 Å². The zero-order valence-electron chi connectivity index (χ0n) is 8.93. The van der Waals surface area contributed by atoms with Crippen LogP contribution in [0.2, 0.25) is 0 Å². The van der Waals surface area contributed by atoms with Crippen molar-refractivity contribution in [3.63, 3.8) is 0 Å². The Hall–Kier alpha value is -1.11. The molecule has 1 atom stereocenters. The van der Waals surface area contributed by atoms with Crippen molar-refractivity contribution in [2.75, 3.05) is 17.6 Å². The molecule has 0 aromatic carbocycles. The van der Waals surface area contributed by atoms with Crippen LogP contribution in [0.4, 0.5) is 11.4 Å². The zero-order valence-corrected chi connectivity index (χ0v) is 11.3. The number of hydrogen-bond acceptors (Lipinski definition) is 5. The van der Waals surface area contributed by atoms with Crippen LogP contribution < -0.4 is 11.1 Å². The Kier molecular flexibility index (Phi) is 3.98. The fourth-order valence-electron chi connectivity index (χ4n) is 1.42. The molecule has 17 heavy (non-hydrogen) atoms. The first kappa shape index (κ1) is 12.3. The first-order valence-electron chi connectivity index (χ1n) is 5.01. The Labute approximate surface area is 112 Å². The molecule has 0 saturated carbocycles. The summed E-state index contributed by atoms with van der Waals surface area (Å²) in [7, 11) is 0. The summed E-state index contributed by atoms with van der Waals surface area (Å²) in [5.41, 5.74) is 8.01. The maximum Gasteiger partial charge on any atom is 0.0970 e. The van der Waals surface area contributed by atoms with Crippen molar-refractivity contribution in [2.24, 2.45) is 0 Å². The van der Waals surface area contributed by atoms with Gasteiger partial charge in [-0.25, -0.2) is 0 Å². The topological polar surface area (TPSA) is 71.2 Å². The molecule has 0 aliphatic heterocycles. The number of thiophene rings is 1. The van der Waals surface area contributed by atoms with Crippen molar-refractivity contribution in [3.8, 4) is 0 Å². The SMILES string of the molecule is Nc1cncc(Br)c1NCC(O)c1ccsc1. The van der Waals surface area contributed by atoms with Gasteiger partial charge in [0.1, 0.15) is 0 Å². The smallest absolute Gasteiger partial charge is 0.0970 e. The number of hydrogen-bond donors (Lipinski definition) is 3. The molecule has 2 aromatic heterocycles. The Morgan fingerprint density at radius 3 is 3.00 bits per heavy atom. The molecular weight excluding hydrogens is 302 g/mol. The molecule has 2 aromatic rings. The molecule has 0 radical (unpaired) electrons. The van der Waals surface area contributed by atoms with E-state index in [2.05, 4.69) is 26.2 Å². The van der Waals surface area contributed by atoms with Gasteiger partial charge in [-0.3, -0.25) is 4.98 Å². The van der Waals surface area contributed by atoms with E-state index in [-0.39, 0.29) is 0 Å². The average molecular weight is 314 g/mol. The summed E-state index contributed by atoms with van der Waals surface area (Å²) in [5, 5.41) is 16.9. The van der Waals surface area contributed by atoms with E-state index in [9.17, 15) is 5.11 Å². The monoisotopic (exact) mass is 313 g/mol. The predicted molar refractivity (Wildman–Crippen MR) is 74.1 cm³/mol. The largest absolute Gasteiger partial charge is 0.396 e. The summed E-state index contributed by atoms with van der Waals surface area (Å²) in [6.45, 7) is 0.406. The number of aliphatic hydroxyl groups excluding tert-OH is 1. The molecule has 4 nitrogen and oxygen atoms in total. The van der Waals surface area contributed by atoms with E-state index in [4.69, 9.17) is 5.73 Å². The highest BCUT2D eigenvalue weighted by Crippen LogP contribution is 2.27. The first-order valence-corrected chi connectivity index (χ1v) is 6.75. The van der Waals surface area contributed by atoms with E-state index in [1.165, 1.54) is 0 Å². The molecule has 90 valence electrons. The van der Waals surface area contributed by atoms with Gasteiger partial charge in [-0.05, 0) is 38.3 Å². The summed E-state index contributed by atoms with van der Waals surface area (Å²) in [6.07, 6.45) is 2.69. The number of nitrogens with one attached hydrogen (secondary N) is 1. The van der Waals surface area contributed by atoms with Crippen LogP contribution in [0.1, 0.15) is 11.7 Å². The van der Waals surface area contributed by atoms with Crippen molar-refractivity contribution in [1.29, 1.82) is 0 Å². The molecule has 1 unspecified atom stereocenters. The van der Waals surface area contributed by atoms with Crippen LogP contribution >= 0.6 is 27.3 Å². The summed E-state index contributed by atoms with van der Waals surface area (Å²) >= 11 is 4.93. The highest BCUT2D eigenvalue weighted by atomic mass is 79.9. The molecule has 0 saturated heterocycles. The summed E-state index contributed by atoms with van der Waals surface area (Å²) < 4.78 is 0.787. The Morgan fingerprint density at radius 2 is 2.35 bits per heavy atom. The summed E-state index contributed by atoms with van der Waals surface area (Å²) in [6, 6.07) is 1.90. The molecular formula is C11H12BrN3OS. The highest BCUT2D eigenvalue weighted by molar-refractivity contribution is 9.10. The summed E-state index contributed by atoms with van der Waals surface area (Å²) in [4.78, 5) is 3.95. The van der Waals surface area contributed by atoms with E-state index in [0.29, 0.717) is 12.2 Å². The van der Waals surface area contributed by atoms with Crippen molar-refractivity contribution < 1.29 is 5.11 Å². The van der Waals surface area contributed by atoms with Crippen LogP contribution in [-0.2, 0) is 0 Å². The highest BCUT2D eigenvalue weighted by Gasteiger charge is 2.10. The number of rotatable bonds is 4. The third-order valence-corrected chi connectivity index (χ3v) is 3.63. The minimum Gasteiger partial charge on any atom is -0.396 e. The third-order valence-electron chi connectivity index (χ3n) is 2.33. The van der Waals surface area contributed by atoms with E-state index in [0.717, 1.165) is 15.7 Å². The van der Waals surface area contributed by atoms with Gasteiger partial charge in [0.15, 0.2) is 0 Å². The maximum atomic E-state index is 9.92. The lowest BCUT2D eigenvalue weighted by atomic mass is 10.2. The zero-order chi connectivity index (χ0) is 12.3. The molecule has 0 aliphatic rings. The number of nitrogens with two attached hydrogens (primary N) is 1. The van der Waals surface area contributed by atoms with Gasteiger partial charge in [0, 0.05) is 12.7 Å². The van der Waals surface area contributed by atoms with Crippen LogP contribution in [0.5, 0.6) is 0 Å². The minimum absolute atomic E-state index is 0.406. The second-order valence-corrected chi connectivity index (χ2v) is 5.17. The Bertz CT molecular complexity index is 469. The van der Waals surface area contributed by atoms with E-state index in [1.54, 1.807) is 23.7 Å². The van der Waals surface area contributed by atoms with Crippen LogP contribution in [0, 0.1) is 0 Å². The van der Waals surface area contributed by atoms with Gasteiger partial charge in [-0.2, -0.15) is 11.3 Å². The molecule has 0 bridgehead atoms. The summed E-state index contributed by atoms with van der Waals surface area (Å²) in [5.74, 6) is 0. The lowest BCUT2D eigenvalue weighted by molar-refractivity contribution is 0.192. The van der Waals surface area contributed by atoms with Gasteiger partial charge < -0.3 is 16.2 Å². The third kappa shape index (κ3) is 2.96. The predicted octanol–water partition coefficient (Wildman–Crippen LogP) is 2.63. The number of aliphatic hydroxyl groups is 1. The van der Waals surface area contributed by atoms with Gasteiger partial charge in [0.25, 0.3) is 0 Å². The molecule has 4 N–H and O–H groups in total. The second kappa shape index (κ2) is 5.48. The number of nitrogens with zero attached hydrogens (tertiary/aromatic N) is 1. The van der Waals surface area contributed by atoms with Crippen LogP contribution in [0.15, 0.2) is 33.7 Å². The van der Waals surface area contributed by atoms with Gasteiger partial charge >= 0.3 is 0 Å². The van der Waals surface area contributed by atoms with Gasteiger partial charge in [0.2, 0.25) is 0 Å². The molecule has 0 amide bonds. The van der Waals surface area contributed by atoms with Crippen molar-refractivity contribution >= 4 is 38.6 Å². The van der Waals surface area contributed by atoms with Crippen molar-refractivity contribution in [2.45, 2.75) is 6.10 Å². The molecule has 0 aliphatic carbocycles. The number of aromatic nitrogens is 1. The van der Waals surface area contributed by atoms with Crippen LogP contribution in [0.3, 0.4) is 0 Å². The van der Waals surface area contributed by atoms with Crippen LogP contribution in [0.25, 0.3) is 0 Å². The number of anilines is 2.